The largest absolute Gasteiger partial charge is 0.339 e. The summed E-state index contributed by atoms with van der Waals surface area (Å²) in [6, 6.07) is 7.10. The molecule has 5 heteroatoms. The van der Waals surface area contributed by atoms with Gasteiger partial charge in [0.1, 0.15) is 0 Å². The van der Waals surface area contributed by atoms with Crippen molar-refractivity contribution in [2.24, 2.45) is 0 Å². The van der Waals surface area contributed by atoms with Gasteiger partial charge in [-0.2, -0.15) is 11.8 Å². The predicted molar refractivity (Wildman–Crippen MR) is 78.6 cm³/mol. The number of carbonyl (C=O) groups excluding carboxylic acids is 2. The Balaban J connectivity index is 1.97. The summed E-state index contributed by atoms with van der Waals surface area (Å²) in [7, 11) is 0. The van der Waals surface area contributed by atoms with Gasteiger partial charge in [-0.15, -0.1) is 0 Å². The second-order valence-electron chi connectivity index (χ2n) is 4.56. The van der Waals surface area contributed by atoms with Crippen molar-refractivity contribution < 1.29 is 9.59 Å². The summed E-state index contributed by atoms with van der Waals surface area (Å²) in [6.07, 6.45) is 4.07. The number of thioether (sulfide) groups is 1. The molecule has 0 unspecified atom stereocenters. The Morgan fingerprint density at radius 1 is 1.21 bits per heavy atom. The van der Waals surface area contributed by atoms with Crippen molar-refractivity contribution in [2.75, 3.05) is 30.4 Å². The van der Waals surface area contributed by atoms with Crippen molar-refractivity contribution in [1.82, 2.24) is 4.90 Å². The van der Waals surface area contributed by atoms with E-state index in [9.17, 15) is 9.59 Å². The van der Waals surface area contributed by atoms with Crippen molar-refractivity contribution >= 4 is 29.3 Å². The third-order valence-electron chi connectivity index (χ3n) is 3.08. The van der Waals surface area contributed by atoms with E-state index >= 15 is 0 Å². The molecule has 1 N–H and O–H groups in total. The lowest BCUT2D eigenvalue weighted by Crippen LogP contribution is -2.27. The lowest BCUT2D eigenvalue weighted by atomic mass is 10.2. The standard InChI is InChI=1S/C14H18N2O2S/c1-19-10-13(17)15-12-6-4-11(5-7-12)14(18)16-8-2-3-9-16/h4-7H,2-3,8-10H2,1H3,(H,15,17). The number of amides is 2. The van der Waals surface area contributed by atoms with Gasteiger partial charge in [-0.25, -0.2) is 0 Å². The Morgan fingerprint density at radius 3 is 2.42 bits per heavy atom. The number of anilines is 1. The molecule has 1 heterocycles. The Bertz CT molecular complexity index is 453. The Kier molecular flexibility index (Phi) is 4.85. The summed E-state index contributed by atoms with van der Waals surface area (Å²) in [5.74, 6) is 0.500. The maximum absolute atomic E-state index is 12.1. The molecule has 4 nitrogen and oxygen atoms in total. The number of nitrogens with one attached hydrogen (secondary N) is 1. The molecule has 1 aliphatic heterocycles. The van der Waals surface area contributed by atoms with Crippen LogP contribution in [0.5, 0.6) is 0 Å². The van der Waals surface area contributed by atoms with E-state index in [0.717, 1.165) is 31.6 Å². The third-order valence-corrected chi connectivity index (χ3v) is 3.64. The molecule has 1 aliphatic rings. The molecule has 0 atom stereocenters. The number of likely N-dealkylation sites (tertiary alicyclic amines) is 1. The summed E-state index contributed by atoms with van der Waals surface area (Å²) in [5.41, 5.74) is 1.42. The van der Waals surface area contributed by atoms with E-state index in [1.165, 1.54) is 11.8 Å². The van der Waals surface area contributed by atoms with Crippen LogP contribution in [-0.2, 0) is 4.79 Å². The molecule has 1 aromatic rings. The molecular weight excluding hydrogens is 260 g/mol. The monoisotopic (exact) mass is 278 g/mol. The summed E-state index contributed by atoms with van der Waals surface area (Å²) in [6.45, 7) is 1.70. The molecule has 1 fully saturated rings. The van der Waals surface area contributed by atoms with Crippen molar-refractivity contribution in [1.29, 1.82) is 0 Å². The highest BCUT2D eigenvalue weighted by molar-refractivity contribution is 7.99. The van der Waals surface area contributed by atoms with Gasteiger partial charge in [-0.1, -0.05) is 0 Å². The normalized spacial score (nSPS) is 14.5. The van der Waals surface area contributed by atoms with Crippen LogP contribution in [0.25, 0.3) is 0 Å². The fourth-order valence-corrected chi connectivity index (χ4v) is 2.46. The first kappa shape index (κ1) is 13.9. The second kappa shape index (κ2) is 6.61. The van der Waals surface area contributed by atoms with Gasteiger partial charge in [0.25, 0.3) is 5.91 Å². The van der Waals surface area contributed by atoms with Crippen LogP contribution < -0.4 is 5.32 Å². The van der Waals surface area contributed by atoms with Gasteiger partial charge in [-0.05, 0) is 43.4 Å². The Labute approximate surface area is 117 Å². The van der Waals surface area contributed by atoms with E-state index in [2.05, 4.69) is 5.32 Å². The van der Waals surface area contributed by atoms with E-state index in [-0.39, 0.29) is 11.8 Å². The van der Waals surface area contributed by atoms with E-state index < -0.39 is 0 Å². The zero-order chi connectivity index (χ0) is 13.7. The van der Waals surface area contributed by atoms with E-state index in [1.54, 1.807) is 24.3 Å². The number of carbonyl (C=O) groups is 2. The molecule has 0 bridgehead atoms. The maximum atomic E-state index is 12.1. The van der Waals surface area contributed by atoms with Crippen LogP contribution in [0.2, 0.25) is 0 Å². The molecule has 19 heavy (non-hydrogen) atoms. The van der Waals surface area contributed by atoms with Crippen LogP contribution in [0.4, 0.5) is 5.69 Å². The van der Waals surface area contributed by atoms with Crippen molar-refractivity contribution in [3.05, 3.63) is 29.8 Å². The molecule has 2 amide bonds. The van der Waals surface area contributed by atoms with Crippen molar-refractivity contribution in [3.63, 3.8) is 0 Å². The van der Waals surface area contributed by atoms with Gasteiger partial charge in [-0.3, -0.25) is 9.59 Å². The topological polar surface area (TPSA) is 49.4 Å². The minimum Gasteiger partial charge on any atom is -0.339 e. The lowest BCUT2D eigenvalue weighted by Gasteiger charge is -2.15. The molecule has 0 aliphatic carbocycles. The van der Waals surface area contributed by atoms with E-state index in [1.807, 2.05) is 11.2 Å². The average molecular weight is 278 g/mol. The molecule has 0 spiro atoms. The highest BCUT2D eigenvalue weighted by atomic mass is 32.2. The van der Waals surface area contributed by atoms with Gasteiger partial charge in [0, 0.05) is 24.3 Å². The Morgan fingerprint density at radius 2 is 1.84 bits per heavy atom. The predicted octanol–water partition coefficient (Wildman–Crippen LogP) is 2.22. The third kappa shape index (κ3) is 3.73. The SMILES string of the molecule is CSCC(=O)Nc1ccc(C(=O)N2CCCC2)cc1. The zero-order valence-corrected chi connectivity index (χ0v) is 11.8. The van der Waals surface area contributed by atoms with Crippen LogP contribution >= 0.6 is 11.8 Å². The first-order valence-electron chi connectivity index (χ1n) is 6.39. The fourth-order valence-electron chi connectivity index (χ4n) is 2.13. The van der Waals surface area contributed by atoms with Gasteiger partial charge in [0.2, 0.25) is 5.91 Å². The zero-order valence-electron chi connectivity index (χ0n) is 11.0. The van der Waals surface area contributed by atoms with Gasteiger partial charge in [0.15, 0.2) is 0 Å². The minimum absolute atomic E-state index is 0.0221. The lowest BCUT2D eigenvalue weighted by molar-refractivity contribution is -0.113. The summed E-state index contributed by atoms with van der Waals surface area (Å²) in [4.78, 5) is 25.4. The average Bonchev–Trinajstić information content (AvgIpc) is 2.93. The number of hydrogen-bond acceptors (Lipinski definition) is 3. The van der Waals surface area contributed by atoms with Crippen molar-refractivity contribution in [2.45, 2.75) is 12.8 Å². The molecule has 1 saturated heterocycles. The maximum Gasteiger partial charge on any atom is 0.253 e. The van der Waals surface area contributed by atoms with Gasteiger partial charge >= 0.3 is 0 Å². The van der Waals surface area contributed by atoms with Crippen LogP contribution in [-0.4, -0.2) is 41.8 Å². The fraction of sp³-hybridized carbons (Fsp3) is 0.429. The van der Waals surface area contributed by atoms with E-state index in [0.29, 0.717) is 11.3 Å². The van der Waals surface area contributed by atoms with Gasteiger partial charge < -0.3 is 10.2 Å². The minimum atomic E-state index is -0.0221. The summed E-state index contributed by atoms with van der Waals surface area (Å²) in [5, 5.41) is 2.79. The van der Waals surface area contributed by atoms with E-state index in [4.69, 9.17) is 0 Å². The quantitative estimate of drug-likeness (QED) is 0.918. The van der Waals surface area contributed by atoms with Crippen LogP contribution in [0.1, 0.15) is 23.2 Å². The van der Waals surface area contributed by atoms with Crippen LogP contribution in [0, 0.1) is 0 Å². The first-order chi connectivity index (χ1) is 9.20. The summed E-state index contributed by atoms with van der Waals surface area (Å²) < 4.78 is 0. The number of hydrogen-bond donors (Lipinski definition) is 1. The molecule has 0 radical (unpaired) electrons. The number of benzene rings is 1. The van der Waals surface area contributed by atoms with Crippen LogP contribution in [0.3, 0.4) is 0 Å². The second-order valence-corrected chi connectivity index (χ2v) is 5.42. The molecule has 102 valence electrons. The molecule has 0 saturated carbocycles. The highest BCUT2D eigenvalue weighted by Gasteiger charge is 2.19. The number of rotatable bonds is 4. The Hall–Kier alpha value is -1.49. The summed E-state index contributed by atoms with van der Waals surface area (Å²) >= 11 is 1.48. The molecule has 1 aromatic carbocycles. The highest BCUT2D eigenvalue weighted by Crippen LogP contribution is 2.15. The van der Waals surface area contributed by atoms with Crippen LogP contribution in [0.15, 0.2) is 24.3 Å². The molecule has 2 rings (SSSR count). The first-order valence-corrected chi connectivity index (χ1v) is 7.78. The van der Waals surface area contributed by atoms with Crippen molar-refractivity contribution in [3.8, 4) is 0 Å². The number of nitrogens with zero attached hydrogens (tertiary/aromatic N) is 1. The molecule has 0 aromatic heterocycles. The smallest absolute Gasteiger partial charge is 0.253 e. The molecular formula is C14H18N2O2S. The van der Waals surface area contributed by atoms with Gasteiger partial charge in [0.05, 0.1) is 5.75 Å².